The van der Waals surface area contributed by atoms with Gasteiger partial charge in [-0.15, -0.1) is 0 Å². The van der Waals surface area contributed by atoms with E-state index in [2.05, 4.69) is 4.90 Å². The van der Waals surface area contributed by atoms with Gasteiger partial charge in [0.25, 0.3) is 5.91 Å². The summed E-state index contributed by atoms with van der Waals surface area (Å²) >= 11 is 0. The maximum absolute atomic E-state index is 12.7. The van der Waals surface area contributed by atoms with Gasteiger partial charge in [0.1, 0.15) is 0 Å². The summed E-state index contributed by atoms with van der Waals surface area (Å²) in [7, 11) is 5.84. The molecule has 0 radical (unpaired) electrons. The minimum atomic E-state index is 0.168. The van der Waals surface area contributed by atoms with Crippen molar-refractivity contribution < 1.29 is 9.53 Å². The maximum atomic E-state index is 12.7. The second kappa shape index (κ2) is 8.19. The largest absolute Gasteiger partial charge is 0.381 e. The summed E-state index contributed by atoms with van der Waals surface area (Å²) in [5.74, 6) is 0.168. The molecule has 0 saturated carbocycles. The fourth-order valence-corrected chi connectivity index (χ4v) is 4.00. The molecule has 0 unspecified atom stereocenters. The first-order valence-electron chi connectivity index (χ1n) is 9.42. The molecule has 3 rings (SSSR count). The van der Waals surface area contributed by atoms with E-state index in [1.807, 2.05) is 55.3 Å². The Morgan fingerprint density at radius 3 is 2.12 bits per heavy atom. The van der Waals surface area contributed by atoms with E-state index < -0.39 is 0 Å². The van der Waals surface area contributed by atoms with E-state index in [9.17, 15) is 4.79 Å². The number of carbonyl (C=O) groups excluding carboxylic acids is 1. The van der Waals surface area contributed by atoms with E-state index in [0.717, 1.165) is 63.1 Å². The number of rotatable bonds is 4. The average Bonchev–Trinajstić information content (AvgIpc) is 2.67. The van der Waals surface area contributed by atoms with Gasteiger partial charge in [-0.2, -0.15) is 0 Å². The van der Waals surface area contributed by atoms with Gasteiger partial charge in [-0.05, 0) is 49.9 Å². The zero-order valence-electron chi connectivity index (χ0n) is 15.8. The van der Waals surface area contributed by atoms with E-state index in [1.165, 1.54) is 0 Å². The molecule has 2 saturated heterocycles. The van der Waals surface area contributed by atoms with Gasteiger partial charge in [0, 0.05) is 64.7 Å². The van der Waals surface area contributed by atoms with Gasteiger partial charge in [0.05, 0.1) is 6.10 Å². The van der Waals surface area contributed by atoms with Crippen LogP contribution in [0.2, 0.25) is 0 Å². The molecule has 0 aromatic heterocycles. The highest BCUT2D eigenvalue weighted by Gasteiger charge is 2.29. The summed E-state index contributed by atoms with van der Waals surface area (Å²) in [6, 6.07) is 8.54. The Kier molecular flexibility index (Phi) is 5.97. The number of ether oxygens (including phenoxy) is 1. The summed E-state index contributed by atoms with van der Waals surface area (Å²) in [5.41, 5.74) is 1.92. The minimum Gasteiger partial charge on any atom is -0.381 e. The first kappa shape index (κ1) is 18.2. The fraction of sp³-hybridized carbons (Fsp3) is 0.650. The first-order valence-corrected chi connectivity index (χ1v) is 9.42. The van der Waals surface area contributed by atoms with Crippen molar-refractivity contribution in [1.82, 2.24) is 9.80 Å². The van der Waals surface area contributed by atoms with Crippen LogP contribution >= 0.6 is 0 Å². The molecular weight excluding hydrogens is 314 g/mol. The molecule has 2 aliphatic heterocycles. The van der Waals surface area contributed by atoms with Crippen LogP contribution in [-0.2, 0) is 4.74 Å². The molecule has 25 heavy (non-hydrogen) atoms. The number of hydrogen-bond acceptors (Lipinski definition) is 4. The Morgan fingerprint density at radius 2 is 1.60 bits per heavy atom. The van der Waals surface area contributed by atoms with Crippen LogP contribution in [-0.4, -0.2) is 75.2 Å². The molecule has 2 aliphatic rings. The summed E-state index contributed by atoms with van der Waals surface area (Å²) in [6.45, 7) is 3.98. The van der Waals surface area contributed by atoms with Gasteiger partial charge < -0.3 is 19.4 Å². The summed E-state index contributed by atoms with van der Waals surface area (Å²) < 4.78 is 5.46. The Labute approximate surface area is 151 Å². The third-order valence-electron chi connectivity index (χ3n) is 5.71. The molecule has 5 nitrogen and oxygen atoms in total. The third kappa shape index (κ3) is 4.33. The highest BCUT2D eigenvalue weighted by Crippen LogP contribution is 2.23. The SMILES string of the molecule is COC1CCN(C2CCN(C(=O)c3ccc(N(C)C)cc3)CC2)CC1. The van der Waals surface area contributed by atoms with E-state index >= 15 is 0 Å². The van der Waals surface area contributed by atoms with Crippen molar-refractivity contribution in [2.24, 2.45) is 0 Å². The van der Waals surface area contributed by atoms with E-state index in [-0.39, 0.29) is 5.91 Å². The molecule has 1 aromatic rings. The summed E-state index contributed by atoms with van der Waals surface area (Å²) in [4.78, 5) is 19.4. The average molecular weight is 345 g/mol. The first-order chi connectivity index (χ1) is 12.1. The fourth-order valence-electron chi connectivity index (χ4n) is 4.00. The zero-order chi connectivity index (χ0) is 17.8. The van der Waals surface area contributed by atoms with Gasteiger partial charge in [-0.1, -0.05) is 0 Å². The second-order valence-corrected chi connectivity index (χ2v) is 7.44. The molecule has 2 fully saturated rings. The molecule has 0 aliphatic carbocycles. The number of carbonyl (C=O) groups is 1. The summed E-state index contributed by atoms with van der Waals surface area (Å²) in [6.07, 6.45) is 4.86. The van der Waals surface area contributed by atoms with Crippen molar-refractivity contribution in [3.05, 3.63) is 29.8 Å². The lowest BCUT2D eigenvalue weighted by molar-refractivity contribution is 0.0145. The van der Waals surface area contributed by atoms with Crippen molar-refractivity contribution in [3.63, 3.8) is 0 Å². The highest BCUT2D eigenvalue weighted by molar-refractivity contribution is 5.94. The van der Waals surface area contributed by atoms with Crippen LogP contribution < -0.4 is 4.90 Å². The molecule has 1 aromatic carbocycles. The van der Waals surface area contributed by atoms with Gasteiger partial charge >= 0.3 is 0 Å². The van der Waals surface area contributed by atoms with Crippen LogP contribution in [0.5, 0.6) is 0 Å². The van der Waals surface area contributed by atoms with Gasteiger partial charge in [-0.3, -0.25) is 4.79 Å². The lowest BCUT2D eigenvalue weighted by atomic mass is 9.98. The lowest BCUT2D eigenvalue weighted by Gasteiger charge is -2.41. The van der Waals surface area contributed by atoms with Crippen LogP contribution in [0, 0.1) is 0 Å². The molecular formula is C20H31N3O2. The standard InChI is InChI=1S/C20H31N3O2/c1-21(2)17-6-4-16(5-7-17)20(24)23-12-8-18(9-13-23)22-14-10-19(25-3)11-15-22/h4-7,18-19H,8-15H2,1-3H3. The molecule has 0 bridgehead atoms. The van der Waals surface area contributed by atoms with Crippen molar-refractivity contribution in [2.45, 2.75) is 37.8 Å². The Hall–Kier alpha value is -1.59. The maximum Gasteiger partial charge on any atom is 0.253 e. The zero-order valence-corrected chi connectivity index (χ0v) is 15.8. The van der Waals surface area contributed by atoms with E-state index in [4.69, 9.17) is 4.74 Å². The van der Waals surface area contributed by atoms with Crippen LogP contribution in [0.1, 0.15) is 36.0 Å². The number of likely N-dealkylation sites (tertiary alicyclic amines) is 2. The number of methoxy groups -OCH3 is 1. The molecule has 5 heteroatoms. The molecule has 2 heterocycles. The molecule has 0 spiro atoms. The van der Waals surface area contributed by atoms with Gasteiger partial charge in [0.2, 0.25) is 0 Å². The number of nitrogens with zero attached hydrogens (tertiary/aromatic N) is 3. The topological polar surface area (TPSA) is 36.0 Å². The van der Waals surface area contributed by atoms with Crippen molar-refractivity contribution in [1.29, 1.82) is 0 Å². The summed E-state index contributed by atoms with van der Waals surface area (Å²) in [5, 5.41) is 0. The van der Waals surface area contributed by atoms with Crippen LogP contribution in [0.25, 0.3) is 0 Å². The van der Waals surface area contributed by atoms with Crippen molar-refractivity contribution >= 4 is 11.6 Å². The number of hydrogen-bond donors (Lipinski definition) is 0. The molecule has 138 valence electrons. The quantitative estimate of drug-likeness (QED) is 0.840. The Morgan fingerprint density at radius 1 is 1.00 bits per heavy atom. The van der Waals surface area contributed by atoms with E-state index in [0.29, 0.717) is 12.1 Å². The number of piperidine rings is 2. The lowest BCUT2D eigenvalue weighted by Crippen LogP contribution is -2.49. The highest BCUT2D eigenvalue weighted by atomic mass is 16.5. The number of amides is 1. The van der Waals surface area contributed by atoms with E-state index in [1.54, 1.807) is 0 Å². The van der Waals surface area contributed by atoms with Crippen LogP contribution in [0.4, 0.5) is 5.69 Å². The molecule has 0 N–H and O–H groups in total. The number of anilines is 1. The predicted octanol–water partition coefficient (Wildman–Crippen LogP) is 2.47. The predicted molar refractivity (Wildman–Crippen MR) is 101 cm³/mol. The smallest absolute Gasteiger partial charge is 0.253 e. The van der Waals surface area contributed by atoms with Crippen molar-refractivity contribution in [2.75, 3.05) is 52.3 Å². The monoisotopic (exact) mass is 345 g/mol. The van der Waals surface area contributed by atoms with Crippen LogP contribution in [0.15, 0.2) is 24.3 Å². The van der Waals surface area contributed by atoms with Gasteiger partial charge in [0.15, 0.2) is 0 Å². The molecule has 1 amide bonds. The number of benzene rings is 1. The minimum absolute atomic E-state index is 0.168. The molecule has 0 atom stereocenters. The van der Waals surface area contributed by atoms with Crippen molar-refractivity contribution in [3.8, 4) is 0 Å². The normalized spacial score (nSPS) is 20.7. The Bertz CT molecular complexity index is 557. The van der Waals surface area contributed by atoms with Gasteiger partial charge in [-0.25, -0.2) is 0 Å². The van der Waals surface area contributed by atoms with Crippen LogP contribution in [0.3, 0.4) is 0 Å². The third-order valence-corrected chi connectivity index (χ3v) is 5.71. The Balaban J connectivity index is 1.51. The second-order valence-electron chi connectivity index (χ2n) is 7.44.